The van der Waals surface area contributed by atoms with E-state index in [1.54, 1.807) is 0 Å². The van der Waals surface area contributed by atoms with Crippen LogP contribution in [-0.4, -0.2) is 31.5 Å². The third kappa shape index (κ3) is 5.88. The van der Waals surface area contributed by atoms with E-state index in [1.165, 1.54) is 25.1 Å². The minimum atomic E-state index is -4.87. The molecule has 154 valence electrons. The van der Waals surface area contributed by atoms with Gasteiger partial charge in [-0.05, 0) is 24.6 Å². The van der Waals surface area contributed by atoms with Gasteiger partial charge in [0.2, 0.25) is 0 Å². The van der Waals surface area contributed by atoms with Crippen LogP contribution in [0.15, 0.2) is 46.3 Å². The van der Waals surface area contributed by atoms with Crippen LogP contribution in [0.2, 0.25) is 10.0 Å². The SMILES string of the molecule is CCOC(=O)/C(Cc1ccc(Cl)cc1Cl)=C(/ON)C(=CN)C(=NC)C(F)(F)F. The zero-order valence-electron chi connectivity index (χ0n) is 14.9. The van der Waals surface area contributed by atoms with Gasteiger partial charge in [0.15, 0.2) is 11.5 Å². The van der Waals surface area contributed by atoms with E-state index in [1.807, 2.05) is 0 Å². The molecule has 0 aliphatic rings. The number of esters is 1. The first-order chi connectivity index (χ1) is 13.1. The Morgan fingerprint density at radius 2 is 1.96 bits per heavy atom. The molecule has 0 atom stereocenters. The van der Waals surface area contributed by atoms with E-state index >= 15 is 0 Å². The Morgan fingerprint density at radius 1 is 1.32 bits per heavy atom. The van der Waals surface area contributed by atoms with E-state index < -0.39 is 29.2 Å². The Labute approximate surface area is 169 Å². The highest BCUT2D eigenvalue weighted by Gasteiger charge is 2.40. The number of nitrogens with zero attached hydrogens (tertiary/aromatic N) is 1. The molecule has 4 N–H and O–H groups in total. The Kier molecular flexibility index (Phi) is 8.80. The maximum Gasteiger partial charge on any atom is 0.433 e. The summed E-state index contributed by atoms with van der Waals surface area (Å²) in [6.45, 7) is 1.49. The van der Waals surface area contributed by atoms with Gasteiger partial charge in [0.1, 0.15) is 0 Å². The van der Waals surface area contributed by atoms with E-state index in [0.29, 0.717) is 16.8 Å². The molecule has 11 heteroatoms. The molecule has 0 saturated heterocycles. The summed E-state index contributed by atoms with van der Waals surface area (Å²) in [6, 6.07) is 4.42. The third-order valence-corrected chi connectivity index (χ3v) is 4.04. The van der Waals surface area contributed by atoms with Crippen LogP contribution in [0.25, 0.3) is 0 Å². The van der Waals surface area contributed by atoms with Crippen molar-refractivity contribution in [3.63, 3.8) is 0 Å². The number of aliphatic imine (C=N–C) groups is 1. The number of hydrogen-bond donors (Lipinski definition) is 2. The molecule has 0 amide bonds. The Bertz CT molecular complexity index is 822. The summed E-state index contributed by atoms with van der Waals surface area (Å²) in [6.07, 6.45) is -4.53. The van der Waals surface area contributed by atoms with Gasteiger partial charge in [-0.2, -0.15) is 19.1 Å². The first kappa shape index (κ1) is 23.8. The highest BCUT2D eigenvalue weighted by atomic mass is 35.5. The zero-order chi connectivity index (χ0) is 21.5. The van der Waals surface area contributed by atoms with Crippen LogP contribution in [-0.2, 0) is 20.8 Å². The molecular formula is C17H18Cl2F3N3O3. The number of benzene rings is 1. The minimum Gasteiger partial charge on any atom is -0.463 e. The van der Waals surface area contributed by atoms with Crippen molar-refractivity contribution in [3.05, 3.63) is 56.9 Å². The average Bonchev–Trinajstić information content (AvgIpc) is 2.61. The number of nitrogens with two attached hydrogens (primary N) is 2. The van der Waals surface area contributed by atoms with Gasteiger partial charge in [0, 0.05) is 29.7 Å². The second-order valence-electron chi connectivity index (χ2n) is 5.21. The number of alkyl halides is 3. The summed E-state index contributed by atoms with van der Waals surface area (Å²) < 4.78 is 44.8. The van der Waals surface area contributed by atoms with Crippen molar-refractivity contribution in [2.24, 2.45) is 16.6 Å². The van der Waals surface area contributed by atoms with Crippen LogP contribution in [0.3, 0.4) is 0 Å². The maximum atomic E-state index is 13.3. The van der Waals surface area contributed by atoms with E-state index in [2.05, 4.69) is 9.83 Å². The summed E-state index contributed by atoms with van der Waals surface area (Å²) in [5, 5.41) is 0.523. The molecular weight excluding hydrogens is 422 g/mol. The van der Waals surface area contributed by atoms with Crippen molar-refractivity contribution >= 4 is 34.9 Å². The van der Waals surface area contributed by atoms with Gasteiger partial charge >= 0.3 is 12.1 Å². The molecule has 0 aliphatic carbocycles. The molecule has 6 nitrogen and oxygen atoms in total. The second kappa shape index (κ2) is 10.4. The van der Waals surface area contributed by atoms with Crippen molar-refractivity contribution in [2.45, 2.75) is 19.5 Å². The monoisotopic (exact) mass is 439 g/mol. The molecule has 0 unspecified atom stereocenters. The van der Waals surface area contributed by atoms with Crippen molar-refractivity contribution < 1.29 is 27.5 Å². The predicted octanol–water partition coefficient (Wildman–Crippen LogP) is 3.72. The lowest BCUT2D eigenvalue weighted by Gasteiger charge is -2.18. The normalized spacial score (nSPS) is 13.9. The third-order valence-electron chi connectivity index (χ3n) is 3.45. The fraction of sp³-hybridized carbons (Fsp3) is 0.294. The van der Waals surface area contributed by atoms with Crippen LogP contribution in [0, 0.1) is 0 Å². The number of ether oxygens (including phenoxy) is 1. The van der Waals surface area contributed by atoms with E-state index in [-0.39, 0.29) is 23.6 Å². The molecule has 1 rings (SSSR count). The quantitative estimate of drug-likeness (QED) is 0.168. The fourth-order valence-corrected chi connectivity index (χ4v) is 2.75. The van der Waals surface area contributed by atoms with Crippen LogP contribution >= 0.6 is 23.2 Å². The standard InChI is InChI=1S/C17H18Cl2F3N3O3/c1-3-27-16(26)11(6-9-4-5-10(18)7-13(9)19)14(28-24)12(8-23)15(25-2)17(20,21)22/h4-5,7-8H,3,6,23-24H2,1-2H3/b12-8?,14-11+,25-15?. The summed E-state index contributed by atoms with van der Waals surface area (Å²) in [7, 11) is 0.917. The van der Waals surface area contributed by atoms with Crippen LogP contribution < -0.4 is 11.6 Å². The van der Waals surface area contributed by atoms with Gasteiger partial charge in [-0.3, -0.25) is 4.99 Å². The minimum absolute atomic E-state index is 0.0375. The van der Waals surface area contributed by atoms with E-state index in [9.17, 15) is 18.0 Å². The molecule has 0 heterocycles. The summed E-state index contributed by atoms with van der Waals surface area (Å²) in [5.74, 6) is 3.61. The number of hydrogen-bond acceptors (Lipinski definition) is 6. The summed E-state index contributed by atoms with van der Waals surface area (Å²) in [4.78, 5) is 20.3. The second-order valence-corrected chi connectivity index (χ2v) is 6.05. The number of carbonyl (C=O) groups excluding carboxylic acids is 1. The molecule has 0 spiro atoms. The maximum absolute atomic E-state index is 13.3. The van der Waals surface area contributed by atoms with Crippen molar-refractivity contribution in [1.82, 2.24) is 0 Å². The van der Waals surface area contributed by atoms with E-state index in [0.717, 1.165) is 7.05 Å². The topological polar surface area (TPSA) is 99.9 Å². The van der Waals surface area contributed by atoms with Crippen LogP contribution in [0.4, 0.5) is 13.2 Å². The predicted molar refractivity (Wildman–Crippen MR) is 101 cm³/mol. The molecule has 0 fully saturated rings. The van der Waals surface area contributed by atoms with Gasteiger partial charge < -0.3 is 15.3 Å². The highest BCUT2D eigenvalue weighted by molar-refractivity contribution is 6.35. The van der Waals surface area contributed by atoms with Crippen LogP contribution in [0.5, 0.6) is 0 Å². The van der Waals surface area contributed by atoms with Crippen molar-refractivity contribution in [1.29, 1.82) is 0 Å². The lowest BCUT2D eigenvalue weighted by molar-refractivity contribution is -0.138. The lowest BCUT2D eigenvalue weighted by atomic mass is 9.98. The summed E-state index contributed by atoms with van der Waals surface area (Å²) in [5.41, 5.74) is 3.33. The number of allylic oxidation sites excluding steroid dienone is 1. The molecule has 0 bridgehead atoms. The molecule has 0 aliphatic heterocycles. The number of halogens is 5. The van der Waals surface area contributed by atoms with E-state index in [4.69, 9.17) is 39.6 Å². The van der Waals surface area contributed by atoms with Gasteiger partial charge in [-0.15, -0.1) is 0 Å². The molecule has 0 saturated carbocycles. The van der Waals surface area contributed by atoms with Crippen LogP contribution in [0.1, 0.15) is 12.5 Å². The Hall–Kier alpha value is -2.23. The average molecular weight is 440 g/mol. The lowest BCUT2D eigenvalue weighted by Crippen LogP contribution is -2.29. The zero-order valence-corrected chi connectivity index (χ0v) is 16.5. The van der Waals surface area contributed by atoms with Crippen molar-refractivity contribution in [2.75, 3.05) is 13.7 Å². The van der Waals surface area contributed by atoms with Gasteiger partial charge in [-0.25, -0.2) is 4.79 Å². The van der Waals surface area contributed by atoms with Gasteiger partial charge in [-0.1, -0.05) is 29.3 Å². The Morgan fingerprint density at radius 3 is 2.39 bits per heavy atom. The molecule has 1 aromatic carbocycles. The van der Waals surface area contributed by atoms with Gasteiger partial charge in [0.25, 0.3) is 0 Å². The fourth-order valence-electron chi connectivity index (χ4n) is 2.28. The first-order valence-electron chi connectivity index (χ1n) is 7.78. The Balaban J connectivity index is 3.64. The van der Waals surface area contributed by atoms with Gasteiger partial charge in [0.05, 0.1) is 17.8 Å². The summed E-state index contributed by atoms with van der Waals surface area (Å²) >= 11 is 11.9. The van der Waals surface area contributed by atoms with Crippen molar-refractivity contribution in [3.8, 4) is 0 Å². The highest BCUT2D eigenvalue weighted by Crippen LogP contribution is 2.30. The number of carbonyl (C=O) groups is 1. The largest absolute Gasteiger partial charge is 0.463 e. The molecule has 0 aromatic heterocycles. The smallest absolute Gasteiger partial charge is 0.433 e. The number of rotatable bonds is 7. The molecule has 0 radical (unpaired) electrons. The first-order valence-corrected chi connectivity index (χ1v) is 8.53. The molecule has 28 heavy (non-hydrogen) atoms. The molecule has 1 aromatic rings.